The molecule has 4 rings (SSSR count). The maximum atomic E-state index is 12.6. The van der Waals surface area contributed by atoms with Crippen molar-refractivity contribution in [3.05, 3.63) is 53.4 Å². The molecule has 2 aromatic heterocycles. The third-order valence-corrected chi connectivity index (χ3v) is 6.23. The molecule has 1 atom stereocenters. The molecule has 3 heterocycles. The van der Waals surface area contributed by atoms with Crippen LogP contribution < -0.4 is 5.32 Å². The average molecular weight is 398 g/mol. The number of aromatic nitrogens is 1. The summed E-state index contributed by atoms with van der Waals surface area (Å²) in [4.78, 5) is 31.1. The molecule has 0 bridgehead atoms. The molecule has 0 aliphatic carbocycles. The zero-order chi connectivity index (χ0) is 19.3. The zero-order valence-corrected chi connectivity index (χ0v) is 16.4. The number of thiazole rings is 1. The second-order valence-electron chi connectivity index (χ2n) is 7.04. The van der Waals surface area contributed by atoms with Gasteiger partial charge in [-0.15, -0.1) is 11.3 Å². The lowest BCUT2D eigenvalue weighted by atomic mass is 9.98. The Bertz CT molecular complexity index is 918. The summed E-state index contributed by atoms with van der Waals surface area (Å²) in [5.41, 5.74) is 1.04. The fraction of sp³-hybridized carbons (Fsp3) is 0.381. The van der Waals surface area contributed by atoms with Crippen LogP contribution in [0.3, 0.4) is 0 Å². The van der Waals surface area contributed by atoms with Crippen molar-refractivity contribution in [2.45, 2.75) is 31.6 Å². The van der Waals surface area contributed by atoms with E-state index in [9.17, 15) is 9.59 Å². The van der Waals surface area contributed by atoms with Crippen molar-refractivity contribution in [2.75, 3.05) is 19.6 Å². The van der Waals surface area contributed by atoms with Crippen LogP contribution in [-0.4, -0.2) is 41.3 Å². The molecular weight excluding hydrogens is 374 g/mol. The molecule has 0 unspecified atom stereocenters. The average Bonchev–Trinajstić information content (AvgIpc) is 3.41. The third kappa shape index (κ3) is 4.25. The molecule has 1 aromatic carbocycles. The summed E-state index contributed by atoms with van der Waals surface area (Å²) in [6.07, 6.45) is 4.60. The molecule has 28 heavy (non-hydrogen) atoms. The Labute approximate surface area is 167 Å². The highest BCUT2D eigenvalue weighted by molar-refractivity contribution is 7.18. The normalized spacial score (nSPS) is 17.0. The van der Waals surface area contributed by atoms with E-state index in [1.54, 1.807) is 23.5 Å². The molecule has 1 fully saturated rings. The fourth-order valence-electron chi connectivity index (χ4n) is 3.56. The standard InChI is InChI=1S/C21H23N3O3S/c25-19(10-3-11-22-20(26)17-8-5-13-27-17)24-12-4-6-15(14-24)21-23-16-7-1-2-9-18(16)28-21/h1-2,5,7-9,13,15H,3-4,6,10-12,14H2,(H,22,26)/t15-/m1/s1. The molecule has 0 saturated carbocycles. The van der Waals surface area contributed by atoms with Gasteiger partial charge in [0.25, 0.3) is 5.91 Å². The molecule has 1 aliphatic heterocycles. The first-order chi connectivity index (χ1) is 13.7. The molecular formula is C21H23N3O3S. The van der Waals surface area contributed by atoms with Crippen LogP contribution in [0.5, 0.6) is 0 Å². The lowest BCUT2D eigenvalue weighted by Gasteiger charge is -2.32. The van der Waals surface area contributed by atoms with E-state index >= 15 is 0 Å². The van der Waals surface area contributed by atoms with Gasteiger partial charge in [-0.1, -0.05) is 12.1 Å². The van der Waals surface area contributed by atoms with Crippen molar-refractivity contribution in [3.8, 4) is 0 Å². The van der Waals surface area contributed by atoms with Crippen molar-refractivity contribution in [2.24, 2.45) is 0 Å². The Morgan fingerprint density at radius 3 is 2.96 bits per heavy atom. The monoisotopic (exact) mass is 397 g/mol. The number of piperidine rings is 1. The van der Waals surface area contributed by atoms with E-state index in [1.807, 2.05) is 23.1 Å². The minimum absolute atomic E-state index is 0.151. The summed E-state index contributed by atoms with van der Waals surface area (Å²) in [6, 6.07) is 11.5. The number of amides is 2. The molecule has 3 aromatic rings. The SMILES string of the molecule is O=C(NCCCC(=O)N1CCC[C@@H](c2nc3ccccc3s2)C1)c1ccco1. The van der Waals surface area contributed by atoms with Gasteiger partial charge in [-0.3, -0.25) is 9.59 Å². The second kappa shape index (κ2) is 8.56. The van der Waals surface area contributed by atoms with Gasteiger partial charge < -0.3 is 14.6 Å². The van der Waals surface area contributed by atoms with Gasteiger partial charge in [0, 0.05) is 32.0 Å². The number of nitrogens with zero attached hydrogens (tertiary/aromatic N) is 2. The van der Waals surface area contributed by atoms with Gasteiger partial charge in [-0.05, 0) is 43.5 Å². The second-order valence-corrected chi connectivity index (χ2v) is 8.10. The van der Waals surface area contributed by atoms with E-state index < -0.39 is 0 Å². The summed E-state index contributed by atoms with van der Waals surface area (Å²) in [5, 5.41) is 3.91. The zero-order valence-electron chi connectivity index (χ0n) is 15.6. The number of carbonyl (C=O) groups excluding carboxylic acids is 2. The highest BCUT2D eigenvalue weighted by atomic mass is 32.1. The molecule has 1 aliphatic rings. The number of benzene rings is 1. The quantitative estimate of drug-likeness (QED) is 0.642. The van der Waals surface area contributed by atoms with Gasteiger partial charge >= 0.3 is 0 Å². The predicted molar refractivity (Wildman–Crippen MR) is 108 cm³/mol. The van der Waals surface area contributed by atoms with Crippen molar-refractivity contribution in [1.82, 2.24) is 15.2 Å². The summed E-state index contributed by atoms with van der Waals surface area (Å²) in [5.74, 6) is 0.513. The first-order valence-corrected chi connectivity index (χ1v) is 10.5. The minimum atomic E-state index is -0.244. The number of para-hydroxylation sites is 1. The number of rotatable bonds is 6. The smallest absolute Gasteiger partial charge is 0.286 e. The summed E-state index contributed by atoms with van der Waals surface area (Å²) in [7, 11) is 0. The first-order valence-electron chi connectivity index (χ1n) is 9.65. The van der Waals surface area contributed by atoms with Crippen molar-refractivity contribution >= 4 is 33.4 Å². The highest BCUT2D eigenvalue weighted by Gasteiger charge is 2.26. The topological polar surface area (TPSA) is 75.4 Å². The maximum Gasteiger partial charge on any atom is 0.286 e. The third-order valence-electron chi connectivity index (χ3n) is 5.03. The van der Waals surface area contributed by atoms with Gasteiger partial charge in [0.2, 0.25) is 5.91 Å². The van der Waals surface area contributed by atoms with Gasteiger partial charge in [0.15, 0.2) is 5.76 Å². The van der Waals surface area contributed by atoms with E-state index in [2.05, 4.69) is 11.4 Å². The predicted octanol–water partition coefficient (Wildman–Crippen LogP) is 3.81. The van der Waals surface area contributed by atoms with Gasteiger partial charge in [0.1, 0.15) is 0 Å². The molecule has 0 radical (unpaired) electrons. The van der Waals surface area contributed by atoms with Crippen LogP contribution in [-0.2, 0) is 4.79 Å². The van der Waals surface area contributed by atoms with Crippen molar-refractivity contribution < 1.29 is 14.0 Å². The van der Waals surface area contributed by atoms with Gasteiger partial charge in [-0.25, -0.2) is 4.98 Å². The number of furan rings is 1. The molecule has 146 valence electrons. The molecule has 6 nitrogen and oxygen atoms in total. The summed E-state index contributed by atoms with van der Waals surface area (Å²) < 4.78 is 6.25. The van der Waals surface area contributed by atoms with Crippen molar-refractivity contribution in [1.29, 1.82) is 0 Å². The van der Waals surface area contributed by atoms with Crippen LogP contribution in [0.2, 0.25) is 0 Å². The number of carbonyl (C=O) groups is 2. The van der Waals surface area contributed by atoms with E-state index in [-0.39, 0.29) is 11.8 Å². The minimum Gasteiger partial charge on any atom is -0.459 e. The number of hydrogen-bond donors (Lipinski definition) is 1. The van der Waals surface area contributed by atoms with Crippen LogP contribution in [0.25, 0.3) is 10.2 Å². The Morgan fingerprint density at radius 2 is 2.14 bits per heavy atom. The Hall–Kier alpha value is -2.67. The highest BCUT2D eigenvalue weighted by Crippen LogP contribution is 2.33. The largest absolute Gasteiger partial charge is 0.459 e. The van der Waals surface area contributed by atoms with E-state index in [1.165, 1.54) is 11.0 Å². The Morgan fingerprint density at radius 1 is 1.25 bits per heavy atom. The molecule has 7 heteroatoms. The Balaban J connectivity index is 1.26. The maximum absolute atomic E-state index is 12.6. The van der Waals surface area contributed by atoms with E-state index in [0.29, 0.717) is 31.1 Å². The molecule has 0 spiro atoms. The van der Waals surface area contributed by atoms with Gasteiger partial charge in [-0.2, -0.15) is 0 Å². The molecule has 1 N–H and O–H groups in total. The van der Waals surface area contributed by atoms with E-state index in [0.717, 1.165) is 36.5 Å². The number of likely N-dealkylation sites (tertiary alicyclic amines) is 1. The van der Waals surface area contributed by atoms with Crippen LogP contribution in [0.15, 0.2) is 47.1 Å². The summed E-state index contributed by atoms with van der Waals surface area (Å²) in [6.45, 7) is 2.00. The van der Waals surface area contributed by atoms with Crippen LogP contribution in [0, 0.1) is 0 Å². The van der Waals surface area contributed by atoms with Crippen LogP contribution in [0.1, 0.15) is 47.2 Å². The van der Waals surface area contributed by atoms with Gasteiger partial charge in [0.05, 0.1) is 21.5 Å². The fourth-order valence-corrected chi connectivity index (χ4v) is 4.66. The lowest BCUT2D eigenvalue weighted by Crippen LogP contribution is -2.39. The van der Waals surface area contributed by atoms with E-state index in [4.69, 9.17) is 9.40 Å². The number of fused-ring (bicyclic) bond motifs is 1. The Kier molecular flexibility index (Phi) is 5.71. The number of hydrogen-bond acceptors (Lipinski definition) is 5. The van der Waals surface area contributed by atoms with Crippen LogP contribution >= 0.6 is 11.3 Å². The molecule has 2 amide bonds. The lowest BCUT2D eigenvalue weighted by molar-refractivity contribution is -0.132. The number of nitrogens with one attached hydrogen (secondary N) is 1. The molecule has 1 saturated heterocycles. The van der Waals surface area contributed by atoms with Crippen LogP contribution in [0.4, 0.5) is 0 Å². The first kappa shape index (κ1) is 18.7. The summed E-state index contributed by atoms with van der Waals surface area (Å²) >= 11 is 1.74. The van der Waals surface area contributed by atoms with Crippen molar-refractivity contribution in [3.63, 3.8) is 0 Å².